The second-order valence-electron chi connectivity index (χ2n) is 3.04. The lowest BCUT2D eigenvalue weighted by atomic mass is 10.3. The average molecular weight is 208 g/mol. The molecule has 14 heavy (non-hydrogen) atoms. The van der Waals surface area contributed by atoms with Crippen molar-refractivity contribution in [3.05, 3.63) is 23.7 Å². The van der Waals surface area contributed by atoms with Gasteiger partial charge in [0, 0.05) is 18.8 Å². The van der Waals surface area contributed by atoms with Crippen LogP contribution in [0.4, 0.5) is 5.69 Å². The van der Waals surface area contributed by atoms with Gasteiger partial charge in [0.15, 0.2) is 0 Å². The second-order valence-corrected chi connectivity index (χ2v) is 3.93. The van der Waals surface area contributed by atoms with E-state index in [2.05, 4.69) is 16.4 Å². The number of nitrogens with zero attached hydrogens (tertiary/aromatic N) is 1. The summed E-state index contributed by atoms with van der Waals surface area (Å²) in [4.78, 5) is 4.21. The van der Waals surface area contributed by atoms with E-state index in [-0.39, 0.29) is 6.61 Å². The molecule has 0 aliphatic rings. The summed E-state index contributed by atoms with van der Waals surface area (Å²) >= 11 is 1.64. The number of fused-ring (bicyclic) bond motifs is 1. The quantitative estimate of drug-likeness (QED) is 0.756. The molecule has 0 saturated carbocycles. The van der Waals surface area contributed by atoms with E-state index in [0.29, 0.717) is 0 Å². The monoisotopic (exact) mass is 208 g/mol. The van der Waals surface area contributed by atoms with Crippen molar-refractivity contribution < 1.29 is 5.11 Å². The fourth-order valence-corrected chi connectivity index (χ4v) is 1.99. The lowest BCUT2D eigenvalue weighted by Crippen LogP contribution is -2.02. The Morgan fingerprint density at radius 1 is 1.43 bits per heavy atom. The van der Waals surface area contributed by atoms with Gasteiger partial charge in [-0.15, -0.1) is 11.3 Å². The molecule has 74 valence electrons. The first kappa shape index (κ1) is 9.43. The van der Waals surface area contributed by atoms with Crippen LogP contribution in [-0.2, 0) is 0 Å². The number of thiazole rings is 1. The molecule has 0 fully saturated rings. The first-order chi connectivity index (χ1) is 6.90. The predicted octanol–water partition coefficient (Wildman–Crippen LogP) is 2.09. The fraction of sp³-hybridized carbons (Fsp3) is 0.300. The highest BCUT2D eigenvalue weighted by atomic mass is 32.1. The molecule has 0 saturated heterocycles. The van der Waals surface area contributed by atoms with Crippen molar-refractivity contribution >= 4 is 27.2 Å². The van der Waals surface area contributed by atoms with Gasteiger partial charge in [0.05, 0.1) is 15.7 Å². The van der Waals surface area contributed by atoms with Crippen molar-refractivity contribution in [1.29, 1.82) is 0 Å². The molecule has 4 heteroatoms. The molecule has 0 amide bonds. The van der Waals surface area contributed by atoms with Gasteiger partial charge in [0.2, 0.25) is 0 Å². The molecule has 1 heterocycles. The normalized spacial score (nSPS) is 10.6. The molecule has 0 bridgehead atoms. The van der Waals surface area contributed by atoms with Gasteiger partial charge in [-0.2, -0.15) is 0 Å². The Bertz CT molecular complexity index is 413. The number of rotatable bonds is 4. The van der Waals surface area contributed by atoms with E-state index in [1.807, 2.05) is 17.6 Å². The molecule has 0 aliphatic carbocycles. The number of aromatic nitrogens is 1. The van der Waals surface area contributed by atoms with Crippen LogP contribution < -0.4 is 5.32 Å². The van der Waals surface area contributed by atoms with Gasteiger partial charge in [-0.05, 0) is 24.6 Å². The van der Waals surface area contributed by atoms with Crippen LogP contribution in [0, 0.1) is 0 Å². The summed E-state index contributed by atoms with van der Waals surface area (Å²) in [6.45, 7) is 1.04. The zero-order valence-corrected chi connectivity index (χ0v) is 8.55. The van der Waals surface area contributed by atoms with Gasteiger partial charge in [-0.3, -0.25) is 0 Å². The van der Waals surface area contributed by atoms with E-state index >= 15 is 0 Å². The molecule has 1 aromatic heterocycles. The summed E-state index contributed by atoms with van der Waals surface area (Å²) < 4.78 is 1.19. The Labute approximate surface area is 86.4 Å². The van der Waals surface area contributed by atoms with E-state index in [1.54, 1.807) is 11.3 Å². The van der Waals surface area contributed by atoms with E-state index in [9.17, 15) is 0 Å². The molecule has 1 aromatic carbocycles. The van der Waals surface area contributed by atoms with Crippen molar-refractivity contribution in [3.8, 4) is 0 Å². The SMILES string of the molecule is OCCCNc1ccc2ncsc2c1. The largest absolute Gasteiger partial charge is 0.396 e. The number of anilines is 1. The minimum atomic E-state index is 0.232. The third-order valence-electron chi connectivity index (χ3n) is 2.00. The van der Waals surface area contributed by atoms with Crippen molar-refractivity contribution in [2.24, 2.45) is 0 Å². The minimum absolute atomic E-state index is 0.232. The molecule has 2 rings (SSSR count). The molecular formula is C10H12N2OS. The number of aliphatic hydroxyl groups excluding tert-OH is 1. The van der Waals surface area contributed by atoms with Crippen LogP contribution in [0.2, 0.25) is 0 Å². The Kier molecular flexibility index (Phi) is 2.96. The Morgan fingerprint density at radius 3 is 3.21 bits per heavy atom. The standard InChI is InChI=1S/C10H12N2OS/c13-5-1-4-11-8-2-3-9-10(6-8)14-7-12-9/h2-3,6-7,11,13H,1,4-5H2. The maximum Gasteiger partial charge on any atom is 0.0813 e. The highest BCUT2D eigenvalue weighted by molar-refractivity contribution is 7.16. The van der Waals surface area contributed by atoms with Crippen LogP contribution in [0.15, 0.2) is 23.7 Å². The number of aliphatic hydroxyl groups is 1. The maximum atomic E-state index is 8.64. The zero-order valence-electron chi connectivity index (χ0n) is 7.73. The van der Waals surface area contributed by atoms with E-state index in [4.69, 9.17) is 5.11 Å². The van der Waals surface area contributed by atoms with Crippen LogP contribution in [0.25, 0.3) is 10.2 Å². The molecule has 2 N–H and O–H groups in total. The molecular weight excluding hydrogens is 196 g/mol. The van der Waals surface area contributed by atoms with Crippen LogP contribution in [-0.4, -0.2) is 23.2 Å². The van der Waals surface area contributed by atoms with Crippen molar-refractivity contribution in [1.82, 2.24) is 4.98 Å². The lowest BCUT2D eigenvalue weighted by Gasteiger charge is -2.04. The average Bonchev–Trinajstić information content (AvgIpc) is 2.65. The highest BCUT2D eigenvalue weighted by Gasteiger charge is 1.97. The van der Waals surface area contributed by atoms with Crippen molar-refractivity contribution in [3.63, 3.8) is 0 Å². The first-order valence-corrected chi connectivity index (χ1v) is 5.46. The minimum Gasteiger partial charge on any atom is -0.396 e. The summed E-state index contributed by atoms with van der Waals surface area (Å²) in [5.74, 6) is 0. The van der Waals surface area contributed by atoms with Crippen molar-refractivity contribution in [2.45, 2.75) is 6.42 Å². The number of benzene rings is 1. The summed E-state index contributed by atoms with van der Waals surface area (Å²) in [6, 6.07) is 6.11. The van der Waals surface area contributed by atoms with Crippen molar-refractivity contribution in [2.75, 3.05) is 18.5 Å². The molecule has 0 aliphatic heterocycles. The summed E-state index contributed by atoms with van der Waals surface area (Å²) in [5, 5.41) is 11.9. The third-order valence-corrected chi connectivity index (χ3v) is 2.79. The molecule has 2 aromatic rings. The van der Waals surface area contributed by atoms with E-state index in [0.717, 1.165) is 24.2 Å². The van der Waals surface area contributed by atoms with Crippen LogP contribution in [0.5, 0.6) is 0 Å². The molecule has 0 spiro atoms. The summed E-state index contributed by atoms with van der Waals surface area (Å²) in [6.07, 6.45) is 0.778. The molecule has 0 unspecified atom stereocenters. The van der Waals surface area contributed by atoms with Crippen LogP contribution in [0.3, 0.4) is 0 Å². The molecule has 3 nitrogen and oxygen atoms in total. The van der Waals surface area contributed by atoms with Gasteiger partial charge in [-0.1, -0.05) is 0 Å². The molecule has 0 atom stereocenters. The zero-order chi connectivity index (χ0) is 9.80. The first-order valence-electron chi connectivity index (χ1n) is 4.58. The smallest absolute Gasteiger partial charge is 0.0813 e. The van der Waals surface area contributed by atoms with Gasteiger partial charge in [0.1, 0.15) is 0 Å². The van der Waals surface area contributed by atoms with Gasteiger partial charge in [0.25, 0.3) is 0 Å². The van der Waals surface area contributed by atoms with Gasteiger partial charge in [-0.25, -0.2) is 4.98 Å². The fourth-order valence-electron chi connectivity index (χ4n) is 1.28. The number of hydrogen-bond acceptors (Lipinski definition) is 4. The number of hydrogen-bond donors (Lipinski definition) is 2. The van der Waals surface area contributed by atoms with E-state index in [1.165, 1.54) is 4.70 Å². The summed E-state index contributed by atoms with van der Waals surface area (Å²) in [7, 11) is 0. The van der Waals surface area contributed by atoms with E-state index < -0.39 is 0 Å². The van der Waals surface area contributed by atoms with Crippen LogP contribution in [0.1, 0.15) is 6.42 Å². The Morgan fingerprint density at radius 2 is 2.36 bits per heavy atom. The lowest BCUT2D eigenvalue weighted by molar-refractivity contribution is 0.292. The van der Waals surface area contributed by atoms with Gasteiger partial charge >= 0.3 is 0 Å². The summed E-state index contributed by atoms with van der Waals surface area (Å²) in [5.41, 5.74) is 3.99. The van der Waals surface area contributed by atoms with Crippen LogP contribution >= 0.6 is 11.3 Å². The van der Waals surface area contributed by atoms with Gasteiger partial charge < -0.3 is 10.4 Å². The maximum absolute atomic E-state index is 8.64. The Balaban J connectivity index is 2.10. The predicted molar refractivity (Wildman–Crippen MR) is 59.8 cm³/mol. The molecule has 0 radical (unpaired) electrons. The highest BCUT2D eigenvalue weighted by Crippen LogP contribution is 2.21. The topological polar surface area (TPSA) is 45.1 Å². The second kappa shape index (κ2) is 4.39. The Hall–Kier alpha value is -1.13. The third kappa shape index (κ3) is 2.02. The number of nitrogens with one attached hydrogen (secondary N) is 1.